The minimum Gasteiger partial charge on any atom is -0.320 e. The number of imidazole rings is 1. The molecule has 0 saturated carbocycles. The van der Waals surface area contributed by atoms with Crippen molar-refractivity contribution in [2.45, 2.75) is 32.9 Å². The summed E-state index contributed by atoms with van der Waals surface area (Å²) in [6.45, 7) is 4.56. The second-order valence-electron chi connectivity index (χ2n) is 4.35. The van der Waals surface area contributed by atoms with Crippen LogP contribution in [0.15, 0.2) is 24.3 Å². The van der Waals surface area contributed by atoms with Gasteiger partial charge in [-0.15, -0.1) is 12.4 Å². The van der Waals surface area contributed by atoms with Gasteiger partial charge in [-0.05, 0) is 25.5 Å². The summed E-state index contributed by atoms with van der Waals surface area (Å²) in [7, 11) is 0. The van der Waals surface area contributed by atoms with Gasteiger partial charge in [0.25, 0.3) is 0 Å². The molecule has 5 nitrogen and oxygen atoms in total. The van der Waals surface area contributed by atoms with E-state index in [1.54, 1.807) is 6.92 Å². The van der Waals surface area contributed by atoms with Crippen molar-refractivity contribution in [2.75, 3.05) is 5.32 Å². The van der Waals surface area contributed by atoms with E-state index in [1.807, 2.05) is 28.8 Å². The van der Waals surface area contributed by atoms with Crippen LogP contribution in [-0.4, -0.2) is 21.5 Å². The van der Waals surface area contributed by atoms with Gasteiger partial charge in [0.1, 0.15) is 0 Å². The third-order valence-corrected chi connectivity index (χ3v) is 2.75. The quantitative estimate of drug-likeness (QED) is 0.902. The van der Waals surface area contributed by atoms with Gasteiger partial charge in [-0.2, -0.15) is 0 Å². The van der Waals surface area contributed by atoms with Crippen molar-refractivity contribution in [1.82, 2.24) is 9.55 Å². The van der Waals surface area contributed by atoms with Crippen molar-refractivity contribution in [3.05, 3.63) is 24.3 Å². The van der Waals surface area contributed by atoms with Gasteiger partial charge < -0.3 is 10.3 Å². The molecule has 2 aromatic rings. The van der Waals surface area contributed by atoms with Crippen molar-refractivity contribution in [3.8, 4) is 0 Å². The summed E-state index contributed by atoms with van der Waals surface area (Å²) in [4.78, 5) is 16.1. The Kier molecular flexibility index (Phi) is 5.32. The maximum atomic E-state index is 11.7. The molecule has 0 unspecified atom stereocenters. The highest BCUT2D eigenvalue weighted by Gasteiger charge is 2.14. The number of carbonyl (C=O) groups is 1. The topological polar surface area (TPSA) is 72.9 Å². The Balaban J connectivity index is 0.00000180. The minimum absolute atomic E-state index is 0. The number of carbonyl (C=O) groups excluding carboxylic acids is 1. The van der Waals surface area contributed by atoms with E-state index in [1.165, 1.54) is 0 Å². The molecule has 1 amide bonds. The number of nitrogens with two attached hydrogens (primary N) is 1. The summed E-state index contributed by atoms with van der Waals surface area (Å²) in [5.74, 6) is 0.350. The first-order valence-electron chi connectivity index (χ1n) is 6.15. The zero-order valence-electron chi connectivity index (χ0n) is 11.1. The minimum atomic E-state index is -0.542. The van der Waals surface area contributed by atoms with Gasteiger partial charge in [0.05, 0.1) is 17.1 Å². The van der Waals surface area contributed by atoms with Crippen molar-refractivity contribution in [1.29, 1.82) is 0 Å². The number of rotatable bonds is 4. The average Bonchev–Trinajstić information content (AvgIpc) is 2.68. The number of aromatic nitrogens is 2. The van der Waals surface area contributed by atoms with Crippen LogP contribution >= 0.6 is 12.4 Å². The molecular formula is C13H19ClN4O. The number of para-hydroxylation sites is 2. The number of nitrogens with zero attached hydrogens (tertiary/aromatic N) is 2. The zero-order valence-corrected chi connectivity index (χ0v) is 11.9. The summed E-state index contributed by atoms with van der Waals surface area (Å²) in [5.41, 5.74) is 7.46. The lowest BCUT2D eigenvalue weighted by atomic mass is 10.3. The molecule has 0 fully saturated rings. The molecule has 0 spiro atoms. The number of halogens is 1. The Hall–Kier alpha value is -1.59. The third kappa shape index (κ3) is 3.24. The maximum Gasteiger partial charge on any atom is 0.243 e. The van der Waals surface area contributed by atoms with Gasteiger partial charge in [-0.3, -0.25) is 10.1 Å². The molecule has 1 heterocycles. The molecule has 0 saturated heterocycles. The number of nitrogens with one attached hydrogen (secondary N) is 1. The fourth-order valence-electron chi connectivity index (χ4n) is 1.84. The van der Waals surface area contributed by atoms with Crippen molar-refractivity contribution < 1.29 is 4.79 Å². The molecule has 1 aromatic carbocycles. The molecule has 3 N–H and O–H groups in total. The summed E-state index contributed by atoms with van der Waals surface area (Å²) >= 11 is 0. The number of aryl methyl sites for hydroxylation is 1. The van der Waals surface area contributed by atoms with E-state index in [2.05, 4.69) is 17.2 Å². The van der Waals surface area contributed by atoms with Crippen LogP contribution in [0, 0.1) is 0 Å². The van der Waals surface area contributed by atoms with E-state index in [4.69, 9.17) is 5.73 Å². The Bertz CT molecular complexity index is 565. The first-order chi connectivity index (χ1) is 8.63. The second-order valence-corrected chi connectivity index (χ2v) is 4.35. The normalized spacial score (nSPS) is 11.9. The molecule has 1 aromatic heterocycles. The number of hydrogen-bond donors (Lipinski definition) is 2. The Morgan fingerprint density at radius 1 is 1.47 bits per heavy atom. The van der Waals surface area contributed by atoms with Gasteiger partial charge in [-0.1, -0.05) is 19.1 Å². The Morgan fingerprint density at radius 2 is 2.16 bits per heavy atom. The van der Waals surface area contributed by atoms with Gasteiger partial charge in [0.15, 0.2) is 0 Å². The summed E-state index contributed by atoms with van der Waals surface area (Å²) in [6.07, 6.45) is 0.974. The summed E-state index contributed by atoms with van der Waals surface area (Å²) < 4.78 is 2.01. The number of hydrogen-bond acceptors (Lipinski definition) is 3. The van der Waals surface area contributed by atoms with E-state index >= 15 is 0 Å². The first kappa shape index (κ1) is 15.5. The molecule has 0 aliphatic carbocycles. The average molecular weight is 283 g/mol. The fourth-order valence-corrected chi connectivity index (χ4v) is 1.84. The fraction of sp³-hybridized carbons (Fsp3) is 0.385. The van der Waals surface area contributed by atoms with E-state index in [0.717, 1.165) is 24.0 Å². The highest BCUT2D eigenvalue weighted by Crippen LogP contribution is 2.19. The van der Waals surface area contributed by atoms with Crippen molar-refractivity contribution in [3.63, 3.8) is 0 Å². The Labute approximate surface area is 118 Å². The zero-order chi connectivity index (χ0) is 13.1. The van der Waals surface area contributed by atoms with Crippen LogP contribution in [0.4, 0.5) is 5.95 Å². The predicted molar refractivity (Wildman–Crippen MR) is 79.6 cm³/mol. The number of anilines is 1. The lowest BCUT2D eigenvalue weighted by Gasteiger charge is -2.10. The van der Waals surface area contributed by atoms with Crippen LogP contribution in [0.3, 0.4) is 0 Å². The van der Waals surface area contributed by atoms with Crippen LogP contribution in [0.2, 0.25) is 0 Å². The van der Waals surface area contributed by atoms with E-state index < -0.39 is 6.04 Å². The molecule has 0 aliphatic rings. The molecule has 1 atom stereocenters. The molecule has 0 radical (unpaired) electrons. The monoisotopic (exact) mass is 282 g/mol. The van der Waals surface area contributed by atoms with Crippen LogP contribution in [0.25, 0.3) is 11.0 Å². The SMILES string of the molecule is CCCn1c(NC(=O)[C@H](C)N)nc2ccccc21.Cl. The molecule has 0 aliphatic heterocycles. The molecule has 6 heteroatoms. The van der Waals surface area contributed by atoms with Crippen molar-refractivity contribution >= 4 is 35.3 Å². The van der Waals surface area contributed by atoms with Crippen LogP contribution in [-0.2, 0) is 11.3 Å². The van der Waals surface area contributed by atoms with E-state index in [0.29, 0.717) is 5.95 Å². The lowest BCUT2D eigenvalue weighted by molar-refractivity contribution is -0.117. The van der Waals surface area contributed by atoms with Gasteiger partial charge in [-0.25, -0.2) is 4.98 Å². The van der Waals surface area contributed by atoms with Crippen LogP contribution < -0.4 is 11.1 Å². The summed E-state index contributed by atoms with van der Waals surface area (Å²) in [6, 6.07) is 7.29. The molecule has 19 heavy (non-hydrogen) atoms. The third-order valence-electron chi connectivity index (χ3n) is 2.75. The molecular weight excluding hydrogens is 264 g/mol. The van der Waals surface area contributed by atoms with Gasteiger partial charge in [0, 0.05) is 6.54 Å². The van der Waals surface area contributed by atoms with E-state index in [-0.39, 0.29) is 18.3 Å². The first-order valence-corrected chi connectivity index (χ1v) is 6.15. The smallest absolute Gasteiger partial charge is 0.243 e. The highest BCUT2D eigenvalue weighted by atomic mass is 35.5. The Morgan fingerprint density at radius 3 is 2.79 bits per heavy atom. The number of amides is 1. The summed E-state index contributed by atoms with van der Waals surface area (Å²) in [5, 5.41) is 2.77. The van der Waals surface area contributed by atoms with Gasteiger partial charge in [0.2, 0.25) is 11.9 Å². The largest absolute Gasteiger partial charge is 0.320 e. The second kappa shape index (κ2) is 6.54. The predicted octanol–water partition coefficient (Wildman–Crippen LogP) is 2.15. The lowest BCUT2D eigenvalue weighted by Crippen LogP contribution is -2.33. The van der Waals surface area contributed by atoms with E-state index in [9.17, 15) is 4.79 Å². The number of benzene rings is 1. The number of fused-ring (bicyclic) bond motifs is 1. The molecule has 2 rings (SSSR count). The molecule has 104 valence electrons. The standard InChI is InChI=1S/C13H18N4O.ClH/c1-3-8-17-11-7-5-4-6-10(11)15-13(17)16-12(18)9(2)14;/h4-7,9H,3,8,14H2,1-2H3,(H,15,16,18);1H/t9-;/m0./s1. The van der Waals surface area contributed by atoms with Crippen molar-refractivity contribution in [2.24, 2.45) is 5.73 Å². The highest BCUT2D eigenvalue weighted by molar-refractivity contribution is 5.94. The maximum absolute atomic E-state index is 11.7. The van der Waals surface area contributed by atoms with Gasteiger partial charge >= 0.3 is 0 Å². The van der Waals surface area contributed by atoms with Crippen LogP contribution in [0.5, 0.6) is 0 Å². The van der Waals surface area contributed by atoms with Crippen LogP contribution in [0.1, 0.15) is 20.3 Å². The molecule has 0 bridgehead atoms.